The van der Waals surface area contributed by atoms with Gasteiger partial charge in [0.25, 0.3) is 5.91 Å². The summed E-state index contributed by atoms with van der Waals surface area (Å²) < 4.78 is 13.0. The number of esters is 1. The average Bonchev–Trinajstić information content (AvgIpc) is 3.06. The summed E-state index contributed by atoms with van der Waals surface area (Å²) in [6.07, 6.45) is 8.04. The molecule has 0 saturated heterocycles. The molecular formula is C28H36N4O4. The molecule has 0 saturated carbocycles. The number of fused-ring (bicyclic) bond motifs is 1. The predicted octanol–water partition coefficient (Wildman–Crippen LogP) is 5.27. The summed E-state index contributed by atoms with van der Waals surface area (Å²) in [7, 11) is 1.86. The van der Waals surface area contributed by atoms with Crippen LogP contribution in [-0.4, -0.2) is 38.8 Å². The molecule has 2 aromatic rings. The zero-order valence-corrected chi connectivity index (χ0v) is 22.1. The van der Waals surface area contributed by atoms with Crippen molar-refractivity contribution in [1.29, 1.82) is 0 Å². The molecule has 0 unspecified atom stereocenters. The number of carbonyl (C=O) groups excluding carboxylic acids is 2. The number of hydrogen-bond acceptors (Lipinski definition) is 6. The van der Waals surface area contributed by atoms with E-state index < -0.39 is 5.60 Å². The number of amides is 1. The van der Waals surface area contributed by atoms with Gasteiger partial charge in [-0.2, -0.15) is 5.10 Å². The van der Waals surface area contributed by atoms with Gasteiger partial charge in [-0.1, -0.05) is 18.7 Å². The molecule has 1 aliphatic rings. The molecule has 0 atom stereocenters. The highest BCUT2D eigenvalue weighted by molar-refractivity contribution is 5.96. The zero-order chi connectivity index (χ0) is 26.5. The molecule has 0 radical (unpaired) electrons. The summed E-state index contributed by atoms with van der Waals surface area (Å²) in [5.74, 6) is 1.15. The van der Waals surface area contributed by atoms with Crippen molar-refractivity contribution >= 4 is 17.7 Å². The maximum atomic E-state index is 13.7. The van der Waals surface area contributed by atoms with Crippen molar-refractivity contribution < 1.29 is 19.1 Å². The van der Waals surface area contributed by atoms with Crippen molar-refractivity contribution in [1.82, 2.24) is 14.7 Å². The number of aryl methyl sites for hydroxylation is 2. The molecule has 1 aromatic carbocycles. The fraction of sp³-hybridized carbons (Fsp3) is 0.393. The van der Waals surface area contributed by atoms with Crippen molar-refractivity contribution in [3.05, 3.63) is 77.3 Å². The third-order valence-electron chi connectivity index (χ3n) is 5.60. The monoisotopic (exact) mass is 492 g/mol. The van der Waals surface area contributed by atoms with E-state index in [1.165, 1.54) is 0 Å². The maximum absolute atomic E-state index is 13.7. The van der Waals surface area contributed by atoms with E-state index in [-0.39, 0.29) is 18.3 Å². The van der Waals surface area contributed by atoms with Gasteiger partial charge >= 0.3 is 5.97 Å². The lowest BCUT2D eigenvalue weighted by molar-refractivity contribution is -0.155. The Kier molecular flexibility index (Phi) is 8.40. The lowest BCUT2D eigenvalue weighted by Gasteiger charge is -2.25. The summed E-state index contributed by atoms with van der Waals surface area (Å²) in [6, 6.07) is 5.39. The van der Waals surface area contributed by atoms with Crippen molar-refractivity contribution in [2.45, 2.75) is 59.6 Å². The standard InChI is InChI=1S/C28H36N4O4/c1-8-11-23-22(9-2)30-26-21(17-29-31(26)7)18-32(23)27(34)20-13-14-24(19(3)16-20)35-15-10-12-25(33)36-28(4,5)6/h8-9,11,13-14,16-17,30H,1,10,12,15,18H2,2-7H3/b22-9+,23-11+. The van der Waals surface area contributed by atoms with Crippen molar-refractivity contribution in [3.63, 3.8) is 0 Å². The fourth-order valence-electron chi connectivity index (χ4n) is 3.94. The lowest BCUT2D eigenvalue weighted by Crippen LogP contribution is -2.30. The Balaban J connectivity index is 1.75. The van der Waals surface area contributed by atoms with Crippen LogP contribution in [0.25, 0.3) is 0 Å². The van der Waals surface area contributed by atoms with Crippen LogP contribution in [0.5, 0.6) is 5.75 Å². The molecule has 36 heavy (non-hydrogen) atoms. The number of anilines is 1. The van der Waals surface area contributed by atoms with E-state index in [0.29, 0.717) is 30.9 Å². The van der Waals surface area contributed by atoms with Gasteiger partial charge in [-0.3, -0.25) is 14.3 Å². The second-order valence-electron chi connectivity index (χ2n) is 9.67. The number of nitrogens with zero attached hydrogens (tertiary/aromatic N) is 3. The van der Waals surface area contributed by atoms with Crippen LogP contribution >= 0.6 is 0 Å². The van der Waals surface area contributed by atoms with Crippen LogP contribution in [-0.2, 0) is 23.1 Å². The average molecular weight is 493 g/mol. The molecule has 3 rings (SSSR count). The molecule has 1 aliphatic heterocycles. The molecule has 0 bridgehead atoms. The minimum absolute atomic E-state index is 0.138. The first-order chi connectivity index (χ1) is 17.0. The number of hydrogen-bond donors (Lipinski definition) is 1. The zero-order valence-electron chi connectivity index (χ0n) is 22.1. The molecule has 2 heterocycles. The number of ether oxygens (including phenoxy) is 2. The smallest absolute Gasteiger partial charge is 0.306 e. The van der Waals surface area contributed by atoms with Crippen LogP contribution in [0.3, 0.4) is 0 Å². The summed E-state index contributed by atoms with van der Waals surface area (Å²) in [5.41, 5.74) is 3.34. The van der Waals surface area contributed by atoms with Crippen LogP contribution in [0.2, 0.25) is 0 Å². The van der Waals surface area contributed by atoms with Crippen LogP contribution < -0.4 is 10.1 Å². The number of rotatable bonds is 7. The van der Waals surface area contributed by atoms with Gasteiger partial charge in [-0.05, 0) is 70.9 Å². The van der Waals surface area contributed by atoms with Gasteiger partial charge in [-0.25, -0.2) is 0 Å². The molecule has 1 amide bonds. The number of benzene rings is 1. The Bertz CT molecular complexity index is 1200. The second-order valence-corrected chi connectivity index (χ2v) is 9.67. The van der Waals surface area contributed by atoms with Gasteiger partial charge < -0.3 is 19.7 Å². The van der Waals surface area contributed by atoms with E-state index in [1.807, 2.05) is 59.9 Å². The Hall–Kier alpha value is -3.81. The van der Waals surface area contributed by atoms with Crippen LogP contribution in [0.15, 0.2) is 60.6 Å². The van der Waals surface area contributed by atoms with Crippen LogP contribution in [0.1, 0.15) is 62.0 Å². The van der Waals surface area contributed by atoms with E-state index in [1.54, 1.807) is 34.0 Å². The molecule has 0 aliphatic carbocycles. The Labute approximate surface area is 213 Å². The summed E-state index contributed by atoms with van der Waals surface area (Å²) in [5, 5.41) is 7.74. The third kappa shape index (κ3) is 6.44. The maximum Gasteiger partial charge on any atom is 0.306 e. The first-order valence-corrected chi connectivity index (χ1v) is 12.1. The first kappa shape index (κ1) is 26.8. The number of allylic oxidation sites excluding steroid dienone is 3. The van der Waals surface area contributed by atoms with E-state index in [2.05, 4.69) is 17.0 Å². The highest BCUT2D eigenvalue weighted by atomic mass is 16.6. The topological polar surface area (TPSA) is 85.7 Å². The molecule has 1 N–H and O–H groups in total. The second kappa shape index (κ2) is 11.3. The van der Waals surface area contributed by atoms with Gasteiger partial charge in [0, 0.05) is 24.6 Å². The van der Waals surface area contributed by atoms with E-state index >= 15 is 0 Å². The summed E-state index contributed by atoms with van der Waals surface area (Å²) in [4.78, 5) is 27.3. The van der Waals surface area contributed by atoms with E-state index in [0.717, 1.165) is 28.3 Å². The molecular weight excluding hydrogens is 456 g/mol. The minimum atomic E-state index is -0.493. The Morgan fingerprint density at radius 3 is 2.67 bits per heavy atom. The highest BCUT2D eigenvalue weighted by Crippen LogP contribution is 2.31. The largest absolute Gasteiger partial charge is 0.493 e. The minimum Gasteiger partial charge on any atom is -0.493 e. The van der Waals surface area contributed by atoms with Crippen molar-refractivity contribution in [2.24, 2.45) is 7.05 Å². The normalized spacial score (nSPS) is 15.8. The van der Waals surface area contributed by atoms with Gasteiger partial charge in [0.1, 0.15) is 17.2 Å². The lowest BCUT2D eigenvalue weighted by atomic mass is 10.1. The Morgan fingerprint density at radius 2 is 2.03 bits per heavy atom. The van der Waals surface area contributed by atoms with E-state index in [4.69, 9.17) is 9.47 Å². The first-order valence-electron chi connectivity index (χ1n) is 12.1. The number of aromatic nitrogens is 2. The number of carbonyl (C=O) groups is 2. The predicted molar refractivity (Wildman–Crippen MR) is 140 cm³/mol. The fourth-order valence-corrected chi connectivity index (χ4v) is 3.94. The summed E-state index contributed by atoms with van der Waals surface area (Å²) >= 11 is 0. The SMILES string of the molecule is C=C/C=C1\C(=C/C)Nc2c(cnn2C)CN1C(=O)c1ccc(OCCCC(=O)OC(C)(C)C)c(C)c1. The van der Waals surface area contributed by atoms with Gasteiger partial charge in [0.2, 0.25) is 0 Å². The van der Waals surface area contributed by atoms with Gasteiger partial charge in [0.15, 0.2) is 0 Å². The third-order valence-corrected chi connectivity index (χ3v) is 5.60. The van der Waals surface area contributed by atoms with Crippen LogP contribution in [0, 0.1) is 6.92 Å². The molecule has 192 valence electrons. The van der Waals surface area contributed by atoms with Crippen molar-refractivity contribution in [2.75, 3.05) is 11.9 Å². The number of nitrogens with one attached hydrogen (secondary N) is 1. The molecule has 0 fully saturated rings. The highest BCUT2D eigenvalue weighted by Gasteiger charge is 2.28. The van der Waals surface area contributed by atoms with Gasteiger partial charge in [0.05, 0.1) is 30.7 Å². The van der Waals surface area contributed by atoms with Gasteiger partial charge in [-0.15, -0.1) is 0 Å². The molecule has 8 heteroatoms. The van der Waals surface area contributed by atoms with E-state index in [9.17, 15) is 9.59 Å². The quantitative estimate of drug-likeness (QED) is 0.419. The Morgan fingerprint density at radius 1 is 1.28 bits per heavy atom. The summed E-state index contributed by atoms with van der Waals surface area (Å²) in [6.45, 7) is 13.9. The van der Waals surface area contributed by atoms with Crippen LogP contribution in [0.4, 0.5) is 5.82 Å². The van der Waals surface area contributed by atoms with Crippen molar-refractivity contribution in [3.8, 4) is 5.75 Å². The molecule has 0 spiro atoms. The molecule has 8 nitrogen and oxygen atoms in total. The molecule has 1 aromatic heterocycles.